The van der Waals surface area contributed by atoms with Crippen molar-refractivity contribution in [1.29, 1.82) is 0 Å². The van der Waals surface area contributed by atoms with Gasteiger partial charge in [-0.25, -0.2) is 0 Å². The van der Waals surface area contributed by atoms with Crippen LogP contribution in [0.3, 0.4) is 0 Å². The molecule has 6 rings (SSSR count). The fourth-order valence-corrected chi connectivity index (χ4v) is 5.36. The molecule has 0 spiro atoms. The van der Waals surface area contributed by atoms with E-state index in [1.165, 1.54) is 76.8 Å². The molecule has 5 aromatic carbocycles. The zero-order valence-corrected chi connectivity index (χ0v) is 23.5. The molecular weight excluding hydrogens is 546 g/mol. The number of fused-ring (bicyclic) bond motifs is 3. The fourth-order valence-electron chi connectivity index (χ4n) is 4.55. The molecule has 0 aliphatic heterocycles. The molecule has 0 bridgehead atoms. The molecule has 35 heavy (non-hydrogen) atoms. The van der Waals surface area contributed by atoms with Crippen LogP contribution in [0.1, 0.15) is 28.7 Å². The molecule has 0 saturated carbocycles. The summed E-state index contributed by atoms with van der Waals surface area (Å²) in [6.07, 6.45) is 7.68. The predicted octanol–water partition coefficient (Wildman–Crippen LogP) is 2.17. The van der Waals surface area contributed by atoms with Crippen molar-refractivity contribution in [2.75, 3.05) is 0 Å². The van der Waals surface area contributed by atoms with Gasteiger partial charge < -0.3 is 24.8 Å². The number of rotatable bonds is 3. The zero-order chi connectivity index (χ0) is 22.6. The number of benzene rings is 4. The van der Waals surface area contributed by atoms with E-state index in [-0.39, 0.29) is 24.8 Å². The zero-order valence-electron chi connectivity index (χ0n) is 19.5. The molecule has 0 amide bonds. The fraction of sp³-hybridized carbons (Fsp3) is 0.0625. The topological polar surface area (TPSA) is 0 Å². The Morgan fingerprint density at radius 1 is 0.743 bits per heavy atom. The van der Waals surface area contributed by atoms with E-state index in [1.54, 1.807) is 0 Å². The Balaban J connectivity index is 0.000000193. The van der Waals surface area contributed by atoms with Crippen LogP contribution in [0.5, 0.6) is 0 Å². The Bertz CT molecular complexity index is 1450. The van der Waals surface area contributed by atoms with Crippen LogP contribution < -0.4 is 24.8 Å². The summed E-state index contributed by atoms with van der Waals surface area (Å²) in [6, 6.07) is 36.7. The summed E-state index contributed by atoms with van der Waals surface area (Å²) in [5.74, 6) is 0. The summed E-state index contributed by atoms with van der Waals surface area (Å²) in [5.41, 5.74) is 6.85. The maximum atomic E-state index is 2.34. The third kappa shape index (κ3) is 5.87. The van der Waals surface area contributed by atoms with Gasteiger partial charge in [-0.2, -0.15) is 0 Å². The molecule has 0 fully saturated rings. The first kappa shape index (κ1) is 27.2. The molecule has 5 aromatic rings. The molecule has 1 aliphatic rings. The number of hydrogen-bond acceptors (Lipinski definition) is 0. The van der Waals surface area contributed by atoms with Gasteiger partial charge in [-0.05, 0) is 13.3 Å². The summed E-state index contributed by atoms with van der Waals surface area (Å²) in [4.78, 5) is 0. The molecular formula is C32H25Cl2Zr-. The molecule has 0 heterocycles. The SMILES string of the molecule is Cc1ccc(C2=CC=CC2)c2[cH-]c3ccccc3c12.[Cl-].[Cl-].[Zr+2]=[C](c1ccccc1)c1ccccc1. The number of aryl methyl sites for hydroxylation is 1. The second-order valence-corrected chi connectivity index (χ2v) is 9.61. The average molecular weight is 572 g/mol. The van der Waals surface area contributed by atoms with Crippen molar-refractivity contribution in [3.8, 4) is 0 Å². The molecule has 3 heteroatoms. The standard InChI is InChI=1S/C19H15.C13H10.2ClH.Zr/c1-13-10-11-16(14-6-2-3-7-14)18-12-15-8-4-5-9-17(15)19(13)18;1-3-7-12(8-4-1)11-13-9-5-2-6-10-13;;;/h2-6,8-12H,7H2,1H3;1-10H;2*1H;/q-1;;;;+2/p-2. The van der Waals surface area contributed by atoms with E-state index in [0.717, 1.165) is 6.42 Å². The van der Waals surface area contributed by atoms with Crippen molar-refractivity contribution < 1.29 is 49.0 Å². The van der Waals surface area contributed by atoms with Gasteiger partial charge in [0.2, 0.25) is 0 Å². The molecule has 0 atom stereocenters. The summed E-state index contributed by atoms with van der Waals surface area (Å²) >= 11 is 1.46. The van der Waals surface area contributed by atoms with Crippen molar-refractivity contribution in [2.24, 2.45) is 0 Å². The normalized spacial score (nSPS) is 11.8. The summed E-state index contributed by atoms with van der Waals surface area (Å²) in [6.45, 7) is 2.21. The van der Waals surface area contributed by atoms with Crippen molar-refractivity contribution in [3.63, 3.8) is 0 Å². The van der Waals surface area contributed by atoms with Crippen LogP contribution in [0.4, 0.5) is 0 Å². The van der Waals surface area contributed by atoms with Crippen LogP contribution in [0, 0.1) is 6.92 Å². The number of allylic oxidation sites excluding steroid dienone is 4. The molecule has 0 N–H and O–H groups in total. The third-order valence-corrected chi connectivity index (χ3v) is 7.65. The van der Waals surface area contributed by atoms with E-state index in [4.69, 9.17) is 0 Å². The van der Waals surface area contributed by atoms with Crippen molar-refractivity contribution >= 4 is 30.3 Å². The first-order valence-corrected chi connectivity index (χ1v) is 12.6. The Morgan fingerprint density at radius 3 is 1.94 bits per heavy atom. The summed E-state index contributed by atoms with van der Waals surface area (Å²) in [7, 11) is 0. The van der Waals surface area contributed by atoms with Crippen molar-refractivity contribution in [3.05, 3.63) is 144 Å². The van der Waals surface area contributed by atoms with Gasteiger partial charge in [-0.3, -0.25) is 0 Å². The Labute approximate surface area is 234 Å². The summed E-state index contributed by atoms with van der Waals surface area (Å²) in [5, 5.41) is 5.54. The number of halogens is 2. The van der Waals surface area contributed by atoms with E-state index >= 15 is 0 Å². The van der Waals surface area contributed by atoms with Crippen LogP contribution in [0.2, 0.25) is 0 Å². The van der Waals surface area contributed by atoms with Gasteiger partial charge >= 0.3 is 99.2 Å². The third-order valence-electron chi connectivity index (χ3n) is 6.23. The van der Waals surface area contributed by atoms with Gasteiger partial charge in [0.15, 0.2) is 0 Å². The van der Waals surface area contributed by atoms with E-state index < -0.39 is 0 Å². The molecule has 0 radical (unpaired) electrons. The first-order chi connectivity index (χ1) is 16.2. The summed E-state index contributed by atoms with van der Waals surface area (Å²) < 4.78 is 1.42. The minimum absolute atomic E-state index is 0. The average Bonchev–Trinajstić information content (AvgIpc) is 3.54. The van der Waals surface area contributed by atoms with Crippen molar-refractivity contribution in [1.82, 2.24) is 0 Å². The van der Waals surface area contributed by atoms with Gasteiger partial charge in [0.1, 0.15) is 0 Å². The van der Waals surface area contributed by atoms with Gasteiger partial charge in [0, 0.05) is 0 Å². The van der Waals surface area contributed by atoms with Crippen LogP contribution in [-0.2, 0) is 24.2 Å². The quantitative estimate of drug-likeness (QED) is 0.292. The predicted molar refractivity (Wildman–Crippen MR) is 140 cm³/mol. The molecule has 172 valence electrons. The Kier molecular flexibility index (Phi) is 9.70. The molecule has 0 unspecified atom stereocenters. The Morgan fingerprint density at radius 2 is 1.34 bits per heavy atom. The van der Waals surface area contributed by atoms with E-state index in [1.807, 2.05) is 0 Å². The van der Waals surface area contributed by atoms with Crippen LogP contribution in [-0.4, -0.2) is 3.21 Å². The first-order valence-electron chi connectivity index (χ1n) is 11.4. The van der Waals surface area contributed by atoms with E-state index in [2.05, 4.69) is 128 Å². The van der Waals surface area contributed by atoms with Gasteiger partial charge in [-0.15, -0.1) is 33.7 Å². The molecule has 0 aromatic heterocycles. The van der Waals surface area contributed by atoms with Crippen LogP contribution in [0.15, 0.2) is 121 Å². The molecule has 0 nitrogen and oxygen atoms in total. The Hall–Kier alpha value is -2.44. The number of hydrogen-bond donors (Lipinski definition) is 0. The van der Waals surface area contributed by atoms with E-state index in [9.17, 15) is 0 Å². The maximum absolute atomic E-state index is 2.34. The van der Waals surface area contributed by atoms with Crippen LogP contribution >= 0.6 is 0 Å². The second-order valence-electron chi connectivity index (χ2n) is 8.38. The van der Waals surface area contributed by atoms with Gasteiger partial charge in [0.25, 0.3) is 0 Å². The minimum atomic E-state index is 0. The molecule has 1 aliphatic carbocycles. The molecule has 0 saturated heterocycles. The van der Waals surface area contributed by atoms with Gasteiger partial charge in [0.05, 0.1) is 0 Å². The van der Waals surface area contributed by atoms with Crippen molar-refractivity contribution in [2.45, 2.75) is 13.3 Å². The monoisotopic (exact) mass is 569 g/mol. The van der Waals surface area contributed by atoms with Crippen LogP contribution in [0.25, 0.3) is 27.1 Å². The second kappa shape index (κ2) is 12.5. The van der Waals surface area contributed by atoms with E-state index in [0.29, 0.717) is 0 Å². The van der Waals surface area contributed by atoms with Gasteiger partial charge in [-0.1, -0.05) is 65.3 Å².